The maximum atomic E-state index is 12.5. The van der Waals surface area contributed by atoms with Gasteiger partial charge in [-0.3, -0.25) is 14.5 Å². The smallest absolute Gasteiger partial charge is 0.323 e. The van der Waals surface area contributed by atoms with Gasteiger partial charge >= 0.3 is 6.03 Å². The number of rotatable bonds is 3. The number of aromatic nitrogens is 1. The van der Waals surface area contributed by atoms with Crippen LogP contribution in [0, 0.1) is 6.92 Å². The number of imide groups is 1. The Balaban J connectivity index is 1.65. The van der Waals surface area contributed by atoms with Crippen molar-refractivity contribution in [2.75, 3.05) is 11.9 Å². The number of carbonyl (C=O) groups excluding carboxylic acids is 3. The number of aryl methyl sites for hydroxylation is 1. The molecule has 1 aliphatic carbocycles. The second-order valence-electron chi connectivity index (χ2n) is 5.79. The molecule has 0 atom stereocenters. The highest BCUT2D eigenvalue weighted by molar-refractivity contribution is 7.15. The van der Waals surface area contributed by atoms with E-state index in [4.69, 9.17) is 0 Å². The van der Waals surface area contributed by atoms with Crippen LogP contribution in [0.1, 0.15) is 37.0 Å². The minimum Gasteiger partial charge on any atom is -0.323 e. The molecule has 1 spiro atoms. The van der Waals surface area contributed by atoms with Crippen molar-refractivity contribution in [3.05, 3.63) is 11.1 Å². The quantitative estimate of drug-likeness (QED) is 0.828. The van der Waals surface area contributed by atoms with Crippen molar-refractivity contribution in [3.8, 4) is 0 Å². The highest BCUT2D eigenvalue weighted by Crippen LogP contribution is 2.33. The number of anilines is 1. The van der Waals surface area contributed by atoms with Crippen LogP contribution in [-0.2, 0) is 9.59 Å². The Morgan fingerprint density at radius 1 is 1.41 bits per heavy atom. The summed E-state index contributed by atoms with van der Waals surface area (Å²) in [5.41, 5.74) is -0.784. The molecule has 0 bridgehead atoms. The van der Waals surface area contributed by atoms with Gasteiger partial charge in [-0.1, -0.05) is 19.3 Å². The number of amides is 4. The summed E-state index contributed by atoms with van der Waals surface area (Å²) < 4.78 is 0. The van der Waals surface area contributed by atoms with Gasteiger partial charge in [-0.2, -0.15) is 0 Å². The molecule has 3 rings (SSSR count). The normalized spacial score (nSPS) is 20.3. The van der Waals surface area contributed by atoms with Gasteiger partial charge in [0.15, 0.2) is 5.13 Å². The summed E-state index contributed by atoms with van der Waals surface area (Å²) in [5.74, 6) is -0.687. The van der Waals surface area contributed by atoms with Crippen LogP contribution in [0.5, 0.6) is 0 Å². The van der Waals surface area contributed by atoms with Gasteiger partial charge in [0.25, 0.3) is 5.91 Å². The lowest BCUT2D eigenvalue weighted by Crippen LogP contribution is -2.48. The Morgan fingerprint density at radius 3 is 2.77 bits per heavy atom. The standard InChI is InChI=1S/C14H18N4O3S/c1-9-7-15-12(22-9)16-10(19)8-18-11(20)14(17-13(18)21)5-3-2-4-6-14/h7H,2-6,8H2,1H3,(H,17,21)(H,15,16,19). The van der Waals surface area contributed by atoms with E-state index >= 15 is 0 Å². The molecular weight excluding hydrogens is 304 g/mol. The van der Waals surface area contributed by atoms with Crippen LogP contribution in [0.25, 0.3) is 0 Å². The van der Waals surface area contributed by atoms with Crippen LogP contribution in [0.15, 0.2) is 6.20 Å². The van der Waals surface area contributed by atoms with Gasteiger partial charge in [0.2, 0.25) is 5.91 Å². The van der Waals surface area contributed by atoms with Gasteiger partial charge in [0, 0.05) is 11.1 Å². The van der Waals surface area contributed by atoms with Crippen molar-refractivity contribution in [1.82, 2.24) is 15.2 Å². The lowest BCUT2D eigenvalue weighted by molar-refractivity contribution is -0.134. The van der Waals surface area contributed by atoms with Crippen molar-refractivity contribution in [2.24, 2.45) is 0 Å². The highest BCUT2D eigenvalue weighted by Gasteiger charge is 2.51. The molecule has 1 saturated heterocycles. The summed E-state index contributed by atoms with van der Waals surface area (Å²) in [6.45, 7) is 1.61. The van der Waals surface area contributed by atoms with Crippen molar-refractivity contribution in [2.45, 2.75) is 44.6 Å². The summed E-state index contributed by atoms with van der Waals surface area (Å²) in [4.78, 5) is 42.6. The van der Waals surface area contributed by atoms with E-state index in [-0.39, 0.29) is 12.5 Å². The number of nitrogens with zero attached hydrogens (tertiary/aromatic N) is 2. The molecule has 2 fully saturated rings. The number of urea groups is 1. The summed E-state index contributed by atoms with van der Waals surface area (Å²) in [6.07, 6.45) is 5.89. The van der Waals surface area contributed by atoms with Crippen molar-refractivity contribution < 1.29 is 14.4 Å². The molecule has 8 heteroatoms. The van der Waals surface area contributed by atoms with E-state index in [0.29, 0.717) is 18.0 Å². The third-order valence-electron chi connectivity index (χ3n) is 4.12. The number of thiazole rings is 1. The molecule has 118 valence electrons. The number of hydrogen-bond acceptors (Lipinski definition) is 5. The maximum absolute atomic E-state index is 12.5. The van der Waals surface area contributed by atoms with Crippen molar-refractivity contribution >= 4 is 34.3 Å². The molecule has 1 aromatic heterocycles. The number of carbonyl (C=O) groups is 3. The van der Waals surface area contributed by atoms with E-state index in [9.17, 15) is 14.4 Å². The van der Waals surface area contributed by atoms with Crippen LogP contribution < -0.4 is 10.6 Å². The summed E-state index contributed by atoms with van der Waals surface area (Å²) in [5, 5.41) is 5.88. The minimum absolute atomic E-state index is 0.273. The molecule has 1 aliphatic heterocycles. The fourth-order valence-electron chi connectivity index (χ4n) is 3.03. The average molecular weight is 322 g/mol. The van der Waals surface area contributed by atoms with Crippen LogP contribution in [-0.4, -0.2) is 39.8 Å². The lowest BCUT2D eigenvalue weighted by atomic mass is 9.82. The lowest BCUT2D eigenvalue weighted by Gasteiger charge is -2.30. The molecule has 2 aliphatic rings. The first-order valence-electron chi connectivity index (χ1n) is 7.37. The molecule has 4 amide bonds. The summed E-state index contributed by atoms with van der Waals surface area (Å²) in [6, 6.07) is -0.475. The molecule has 0 radical (unpaired) electrons. The van der Waals surface area contributed by atoms with E-state index in [1.165, 1.54) is 11.3 Å². The monoisotopic (exact) mass is 322 g/mol. The maximum Gasteiger partial charge on any atom is 0.325 e. The first kappa shape index (κ1) is 15.0. The minimum atomic E-state index is -0.784. The third-order valence-corrected chi connectivity index (χ3v) is 4.95. The zero-order chi connectivity index (χ0) is 15.7. The van der Waals surface area contributed by atoms with Gasteiger partial charge in [-0.25, -0.2) is 9.78 Å². The predicted molar refractivity (Wildman–Crippen MR) is 81.5 cm³/mol. The second kappa shape index (κ2) is 5.68. The fourth-order valence-corrected chi connectivity index (χ4v) is 3.71. The van der Waals surface area contributed by atoms with E-state index in [1.54, 1.807) is 6.20 Å². The van der Waals surface area contributed by atoms with E-state index < -0.39 is 17.5 Å². The second-order valence-corrected chi connectivity index (χ2v) is 7.02. The molecule has 22 heavy (non-hydrogen) atoms. The number of nitrogens with one attached hydrogen (secondary N) is 2. The first-order chi connectivity index (χ1) is 10.5. The zero-order valence-electron chi connectivity index (χ0n) is 12.3. The summed E-state index contributed by atoms with van der Waals surface area (Å²) in [7, 11) is 0. The Hall–Kier alpha value is -1.96. The van der Waals surface area contributed by atoms with Gasteiger partial charge < -0.3 is 10.6 Å². The molecule has 0 aromatic carbocycles. The van der Waals surface area contributed by atoms with Gasteiger partial charge in [-0.15, -0.1) is 11.3 Å². The fraction of sp³-hybridized carbons (Fsp3) is 0.571. The topological polar surface area (TPSA) is 91.4 Å². The van der Waals surface area contributed by atoms with E-state index in [2.05, 4.69) is 15.6 Å². The van der Waals surface area contributed by atoms with Gasteiger partial charge in [0.05, 0.1) is 0 Å². The Bertz CT molecular complexity index is 621. The van der Waals surface area contributed by atoms with Crippen LogP contribution in [0.2, 0.25) is 0 Å². The van der Waals surface area contributed by atoms with Crippen LogP contribution in [0.4, 0.5) is 9.93 Å². The Kier molecular flexibility index (Phi) is 3.86. The average Bonchev–Trinajstić information content (AvgIpc) is 2.97. The molecule has 0 unspecified atom stereocenters. The van der Waals surface area contributed by atoms with Crippen LogP contribution >= 0.6 is 11.3 Å². The van der Waals surface area contributed by atoms with Crippen LogP contribution in [0.3, 0.4) is 0 Å². The molecule has 7 nitrogen and oxygen atoms in total. The van der Waals surface area contributed by atoms with E-state index in [1.807, 2.05) is 6.92 Å². The largest absolute Gasteiger partial charge is 0.325 e. The SMILES string of the molecule is Cc1cnc(NC(=O)CN2C(=O)NC3(CCCCC3)C2=O)s1. The summed E-state index contributed by atoms with van der Waals surface area (Å²) >= 11 is 1.35. The van der Waals surface area contributed by atoms with Crippen molar-refractivity contribution in [1.29, 1.82) is 0 Å². The zero-order valence-corrected chi connectivity index (χ0v) is 13.2. The van der Waals surface area contributed by atoms with Crippen molar-refractivity contribution in [3.63, 3.8) is 0 Å². The third kappa shape index (κ3) is 2.70. The van der Waals surface area contributed by atoms with E-state index in [0.717, 1.165) is 29.0 Å². The molecule has 1 aromatic rings. The molecule has 2 heterocycles. The Morgan fingerprint density at radius 2 is 2.14 bits per heavy atom. The van der Waals surface area contributed by atoms with Gasteiger partial charge in [0.1, 0.15) is 12.1 Å². The number of hydrogen-bond donors (Lipinski definition) is 2. The predicted octanol–water partition coefficient (Wildman–Crippen LogP) is 1.64. The highest BCUT2D eigenvalue weighted by atomic mass is 32.1. The molecular formula is C14H18N4O3S. The first-order valence-corrected chi connectivity index (χ1v) is 8.18. The molecule has 1 saturated carbocycles. The Labute approximate surface area is 132 Å². The van der Waals surface area contributed by atoms with Gasteiger partial charge in [-0.05, 0) is 19.8 Å². The molecule has 2 N–H and O–H groups in total.